The van der Waals surface area contributed by atoms with Crippen LogP contribution in [0.1, 0.15) is 30.0 Å². The zero-order valence-corrected chi connectivity index (χ0v) is 17.4. The van der Waals surface area contributed by atoms with Gasteiger partial charge < -0.3 is 20.7 Å². The van der Waals surface area contributed by atoms with Gasteiger partial charge in [0.15, 0.2) is 0 Å². The first-order valence-corrected chi connectivity index (χ1v) is 10.2. The number of carbonyl (C=O) groups excluding carboxylic acids is 2. The Balaban J connectivity index is 1.44. The van der Waals surface area contributed by atoms with Gasteiger partial charge in [0.1, 0.15) is 22.5 Å². The summed E-state index contributed by atoms with van der Waals surface area (Å²) in [4.78, 5) is 29.1. The van der Waals surface area contributed by atoms with Crippen LogP contribution < -0.4 is 20.7 Å². The number of hydrogen-bond acceptors (Lipinski definition) is 4. The summed E-state index contributed by atoms with van der Waals surface area (Å²) in [6.07, 6.45) is 1.42. The first-order valence-electron chi connectivity index (χ1n) is 9.82. The maximum atomic E-state index is 14.5. The Kier molecular flexibility index (Phi) is 5.70. The highest BCUT2D eigenvalue weighted by atomic mass is 35.5. The van der Waals surface area contributed by atoms with E-state index in [2.05, 4.69) is 20.9 Å². The minimum atomic E-state index is -0.817. The number of halogens is 3. The van der Waals surface area contributed by atoms with Crippen molar-refractivity contribution in [2.75, 3.05) is 20.2 Å². The Bertz CT molecular complexity index is 1010. The topological polar surface area (TPSA) is 92.4 Å². The average Bonchev–Trinajstić information content (AvgIpc) is 3.42. The molecular weight excluding hydrogens is 430 g/mol. The molecule has 0 radical (unpaired) electrons. The van der Waals surface area contributed by atoms with Crippen molar-refractivity contribution in [3.05, 3.63) is 58.4 Å². The number of urea groups is 1. The van der Waals surface area contributed by atoms with Gasteiger partial charge in [-0.25, -0.2) is 18.6 Å². The molecule has 2 aliphatic rings. The lowest BCUT2D eigenvalue weighted by Gasteiger charge is -2.21. The fourth-order valence-corrected chi connectivity index (χ4v) is 4.11. The molecule has 2 heterocycles. The zero-order chi connectivity index (χ0) is 22.2. The largest absolute Gasteiger partial charge is 0.497 e. The predicted molar refractivity (Wildman–Crippen MR) is 109 cm³/mol. The number of carbonyl (C=O) groups is 2. The molecule has 2 fully saturated rings. The normalized spacial score (nSPS) is 21.4. The molecule has 2 atom stereocenters. The van der Waals surface area contributed by atoms with Crippen LogP contribution in [-0.4, -0.2) is 37.1 Å². The van der Waals surface area contributed by atoms with Crippen LogP contribution in [0.2, 0.25) is 5.15 Å². The van der Waals surface area contributed by atoms with Gasteiger partial charge in [-0.1, -0.05) is 17.7 Å². The molecule has 1 saturated carbocycles. The number of nitrogens with zero attached hydrogens (tertiary/aromatic N) is 1. The van der Waals surface area contributed by atoms with Gasteiger partial charge in [0.25, 0.3) is 0 Å². The van der Waals surface area contributed by atoms with Crippen molar-refractivity contribution in [3.8, 4) is 5.75 Å². The van der Waals surface area contributed by atoms with E-state index in [0.29, 0.717) is 23.7 Å². The van der Waals surface area contributed by atoms with Crippen molar-refractivity contribution in [3.63, 3.8) is 0 Å². The Morgan fingerprint density at radius 3 is 2.65 bits per heavy atom. The molecule has 1 aromatic heterocycles. The van der Waals surface area contributed by atoms with Crippen molar-refractivity contribution in [1.82, 2.24) is 20.9 Å². The number of pyridine rings is 1. The lowest BCUT2D eigenvalue weighted by Crippen LogP contribution is -2.45. The van der Waals surface area contributed by atoms with Crippen molar-refractivity contribution < 1.29 is 23.1 Å². The number of benzene rings is 1. The number of amides is 3. The summed E-state index contributed by atoms with van der Waals surface area (Å²) in [6.45, 7) is -0.00433. The number of nitrogens with one attached hydrogen (secondary N) is 3. The lowest BCUT2D eigenvalue weighted by molar-refractivity contribution is -0.122. The second-order valence-electron chi connectivity index (χ2n) is 7.73. The monoisotopic (exact) mass is 450 g/mol. The molecule has 1 aromatic carbocycles. The number of ether oxygens (including phenoxy) is 1. The van der Waals surface area contributed by atoms with E-state index in [1.807, 2.05) is 0 Å². The molecule has 1 aliphatic heterocycles. The van der Waals surface area contributed by atoms with Crippen molar-refractivity contribution >= 4 is 23.5 Å². The fourth-order valence-electron chi connectivity index (χ4n) is 3.95. The molecule has 1 saturated heterocycles. The maximum absolute atomic E-state index is 14.5. The van der Waals surface area contributed by atoms with Crippen LogP contribution in [0, 0.1) is 17.6 Å². The van der Waals surface area contributed by atoms with Gasteiger partial charge in [0, 0.05) is 36.7 Å². The van der Waals surface area contributed by atoms with Crippen molar-refractivity contribution in [1.29, 1.82) is 0 Å². The third-order valence-electron chi connectivity index (χ3n) is 5.77. The average molecular weight is 451 g/mol. The first kappa shape index (κ1) is 21.3. The summed E-state index contributed by atoms with van der Waals surface area (Å²) in [6, 6.07) is 6.86. The summed E-state index contributed by atoms with van der Waals surface area (Å²) in [5.74, 6) is -3.49. The standard InChI is InChI=1S/C21H21ClF2N4O3/c1-31-11-7-14(23)18(15(24)8-11)12-9-25-19(29)13(12)10-26-20(30)28-21(5-6-21)16-3-2-4-17(22)27-16/h2-4,7-8,12-13H,5-6,9-10H2,1H3,(H,25,29)(H2,26,28,30)/t12-,13?/m1/s1. The van der Waals surface area contributed by atoms with E-state index in [1.54, 1.807) is 18.2 Å². The predicted octanol–water partition coefficient (Wildman–Crippen LogP) is 2.84. The quantitative estimate of drug-likeness (QED) is 0.590. The molecule has 1 aliphatic carbocycles. The number of methoxy groups -OCH3 is 1. The van der Waals surface area contributed by atoms with Gasteiger partial charge in [-0.15, -0.1) is 0 Å². The van der Waals surface area contributed by atoms with Crippen LogP contribution in [0.4, 0.5) is 13.6 Å². The summed E-state index contributed by atoms with van der Waals surface area (Å²) < 4.78 is 33.9. The summed E-state index contributed by atoms with van der Waals surface area (Å²) in [7, 11) is 1.31. The van der Waals surface area contributed by atoms with Gasteiger partial charge in [-0.2, -0.15) is 0 Å². The van der Waals surface area contributed by atoms with Crippen LogP contribution >= 0.6 is 11.6 Å². The molecule has 31 heavy (non-hydrogen) atoms. The molecule has 164 valence electrons. The van der Waals surface area contributed by atoms with E-state index in [0.717, 1.165) is 12.1 Å². The number of hydrogen-bond donors (Lipinski definition) is 3. The minimum Gasteiger partial charge on any atom is -0.497 e. The highest BCUT2D eigenvalue weighted by molar-refractivity contribution is 6.29. The summed E-state index contributed by atoms with van der Waals surface area (Å²) in [5.41, 5.74) is -0.136. The van der Waals surface area contributed by atoms with E-state index >= 15 is 0 Å². The van der Waals surface area contributed by atoms with Crippen LogP contribution in [0.25, 0.3) is 0 Å². The molecule has 1 unspecified atom stereocenters. The SMILES string of the molecule is COc1cc(F)c([C@@H]2CNC(=O)C2CNC(=O)NC2(c3cccc(Cl)n3)CC2)c(F)c1. The first-order chi connectivity index (χ1) is 14.8. The third-order valence-corrected chi connectivity index (χ3v) is 5.98. The molecule has 3 N–H and O–H groups in total. The lowest BCUT2D eigenvalue weighted by atomic mass is 9.87. The van der Waals surface area contributed by atoms with E-state index < -0.39 is 35.0 Å². The van der Waals surface area contributed by atoms with Crippen LogP contribution in [-0.2, 0) is 10.3 Å². The van der Waals surface area contributed by atoms with Gasteiger partial charge in [-0.05, 0) is 25.0 Å². The third kappa shape index (κ3) is 4.27. The fraction of sp³-hybridized carbons (Fsp3) is 0.381. The molecule has 3 amide bonds. The highest BCUT2D eigenvalue weighted by Crippen LogP contribution is 2.44. The van der Waals surface area contributed by atoms with E-state index in [-0.39, 0.29) is 30.3 Å². The second-order valence-corrected chi connectivity index (χ2v) is 8.11. The molecule has 0 spiro atoms. The maximum Gasteiger partial charge on any atom is 0.315 e. The second kappa shape index (κ2) is 8.30. The Morgan fingerprint density at radius 2 is 2.03 bits per heavy atom. The molecule has 10 heteroatoms. The Morgan fingerprint density at radius 1 is 1.32 bits per heavy atom. The van der Waals surface area contributed by atoms with Gasteiger partial charge in [0.2, 0.25) is 5.91 Å². The highest BCUT2D eigenvalue weighted by Gasteiger charge is 2.47. The molecular formula is C21H21ClF2N4O3. The summed E-state index contributed by atoms with van der Waals surface area (Å²) in [5, 5.41) is 8.48. The molecule has 0 bridgehead atoms. The Hall–Kier alpha value is -2.94. The molecule has 2 aromatic rings. The van der Waals surface area contributed by atoms with Gasteiger partial charge in [-0.3, -0.25) is 4.79 Å². The van der Waals surface area contributed by atoms with E-state index in [9.17, 15) is 18.4 Å². The van der Waals surface area contributed by atoms with Crippen molar-refractivity contribution in [2.24, 2.45) is 5.92 Å². The molecule has 7 nitrogen and oxygen atoms in total. The number of rotatable bonds is 6. The summed E-state index contributed by atoms with van der Waals surface area (Å²) >= 11 is 5.94. The van der Waals surface area contributed by atoms with E-state index in [1.165, 1.54) is 7.11 Å². The van der Waals surface area contributed by atoms with Gasteiger partial charge >= 0.3 is 6.03 Å². The van der Waals surface area contributed by atoms with Crippen LogP contribution in [0.5, 0.6) is 5.75 Å². The Labute approximate surface area is 182 Å². The minimum absolute atomic E-state index is 0.0504. The number of aromatic nitrogens is 1. The van der Waals surface area contributed by atoms with Crippen LogP contribution in [0.3, 0.4) is 0 Å². The van der Waals surface area contributed by atoms with Crippen molar-refractivity contribution in [2.45, 2.75) is 24.3 Å². The molecule has 4 rings (SSSR count). The van der Waals surface area contributed by atoms with Crippen LogP contribution in [0.15, 0.2) is 30.3 Å². The smallest absolute Gasteiger partial charge is 0.315 e. The van der Waals surface area contributed by atoms with Gasteiger partial charge in [0.05, 0.1) is 24.3 Å². The van der Waals surface area contributed by atoms with E-state index in [4.69, 9.17) is 16.3 Å². The zero-order valence-electron chi connectivity index (χ0n) is 16.7.